The van der Waals surface area contributed by atoms with Crippen molar-refractivity contribution in [2.75, 3.05) is 13.7 Å². The Labute approximate surface area is 259 Å². The van der Waals surface area contributed by atoms with Crippen molar-refractivity contribution in [3.63, 3.8) is 0 Å². The van der Waals surface area contributed by atoms with E-state index in [0.29, 0.717) is 16.2 Å². The number of aromatic nitrogens is 2. The van der Waals surface area contributed by atoms with Gasteiger partial charge in [0.2, 0.25) is 0 Å². The first-order valence-corrected chi connectivity index (χ1v) is 14.0. The second-order valence-corrected chi connectivity index (χ2v) is 10.2. The van der Waals surface area contributed by atoms with E-state index in [-0.39, 0.29) is 42.0 Å². The van der Waals surface area contributed by atoms with E-state index in [9.17, 15) is 31.9 Å². The van der Waals surface area contributed by atoms with Crippen LogP contribution in [0.4, 0.5) is 22.0 Å². The maximum atomic E-state index is 15.6. The number of methoxy groups -OCH3 is 1. The Kier molecular flexibility index (Phi) is 10.7. The number of ether oxygens (including phenoxy) is 1. The van der Waals surface area contributed by atoms with Crippen LogP contribution < -0.4 is 21.5 Å². The van der Waals surface area contributed by atoms with E-state index in [1.54, 1.807) is 30.3 Å². The summed E-state index contributed by atoms with van der Waals surface area (Å²) >= 11 is 0. The minimum Gasteiger partial charge on any atom is -0.494 e. The van der Waals surface area contributed by atoms with Crippen LogP contribution in [0.5, 0.6) is 5.75 Å². The van der Waals surface area contributed by atoms with Crippen LogP contribution in [0.25, 0.3) is 11.1 Å². The number of nitrogens with one attached hydrogen (secondary N) is 1. The molecule has 2 N–H and O–H groups in total. The summed E-state index contributed by atoms with van der Waals surface area (Å²) in [5.74, 6) is -3.44. The summed E-state index contributed by atoms with van der Waals surface area (Å²) in [4.78, 5) is 44.6. The standard InChI is InChI=1S/C32H30F5N3O6/c1-19-28(21-11-6-14-25(45-2)29(21)34)30(43)40(18-26(20-9-4-3-5-10-20)46-38-16-8-15-27(41)42)31(44)39(19)17-22-23(32(35,36)37)12-7-13-24(22)33/h3-7,9-14,26,38H,8,15-18H2,1-2H3,(H,41,42)/t26-/m0/s1. The molecule has 0 saturated heterocycles. The lowest BCUT2D eigenvalue weighted by atomic mass is 10.0. The Bertz CT molecular complexity index is 1820. The van der Waals surface area contributed by atoms with Crippen molar-refractivity contribution >= 4 is 5.97 Å². The Morgan fingerprint density at radius 2 is 1.67 bits per heavy atom. The van der Waals surface area contributed by atoms with Crippen LogP contribution in [0.2, 0.25) is 0 Å². The van der Waals surface area contributed by atoms with Crippen molar-refractivity contribution < 1.29 is 41.4 Å². The van der Waals surface area contributed by atoms with Gasteiger partial charge in [0.1, 0.15) is 11.9 Å². The number of benzene rings is 3. The molecule has 0 amide bonds. The molecule has 46 heavy (non-hydrogen) atoms. The Hall–Kier alpha value is -4.82. The second-order valence-electron chi connectivity index (χ2n) is 10.2. The lowest BCUT2D eigenvalue weighted by molar-refractivity contribution is -0.139. The molecular weight excluding hydrogens is 617 g/mol. The fourth-order valence-corrected chi connectivity index (χ4v) is 4.98. The average Bonchev–Trinajstić information content (AvgIpc) is 3.01. The molecule has 14 heteroatoms. The van der Waals surface area contributed by atoms with Crippen LogP contribution in [0.3, 0.4) is 0 Å². The number of carboxylic acids is 1. The van der Waals surface area contributed by atoms with Gasteiger partial charge >= 0.3 is 17.8 Å². The zero-order valence-corrected chi connectivity index (χ0v) is 24.7. The summed E-state index contributed by atoms with van der Waals surface area (Å²) in [7, 11) is 1.20. The predicted octanol–water partition coefficient (Wildman–Crippen LogP) is 5.47. The maximum Gasteiger partial charge on any atom is 0.416 e. The summed E-state index contributed by atoms with van der Waals surface area (Å²) in [5.41, 5.74) is -2.00. The van der Waals surface area contributed by atoms with Gasteiger partial charge < -0.3 is 9.84 Å². The minimum absolute atomic E-state index is 0.0937. The molecule has 9 nitrogen and oxygen atoms in total. The molecule has 3 aromatic carbocycles. The number of carboxylic acid groups (broad SMARTS) is 1. The van der Waals surface area contributed by atoms with Crippen LogP contribution in [0, 0.1) is 18.6 Å². The zero-order valence-electron chi connectivity index (χ0n) is 24.7. The van der Waals surface area contributed by atoms with E-state index >= 15 is 4.39 Å². The third kappa shape index (κ3) is 7.51. The average molecular weight is 648 g/mol. The molecule has 0 radical (unpaired) electrons. The number of carbonyl (C=O) groups is 1. The fourth-order valence-electron chi connectivity index (χ4n) is 4.98. The summed E-state index contributed by atoms with van der Waals surface area (Å²) < 4.78 is 78.8. The van der Waals surface area contributed by atoms with Gasteiger partial charge in [-0.3, -0.25) is 23.6 Å². The van der Waals surface area contributed by atoms with E-state index in [2.05, 4.69) is 5.48 Å². The lowest BCUT2D eigenvalue weighted by Gasteiger charge is -2.23. The third-order valence-corrected chi connectivity index (χ3v) is 7.30. The first-order chi connectivity index (χ1) is 21.8. The number of hydroxylamine groups is 1. The van der Waals surface area contributed by atoms with Gasteiger partial charge in [-0.25, -0.2) is 19.1 Å². The summed E-state index contributed by atoms with van der Waals surface area (Å²) in [6.07, 6.45) is -5.99. The Morgan fingerprint density at radius 1 is 0.978 bits per heavy atom. The maximum absolute atomic E-state index is 15.6. The molecule has 0 aliphatic carbocycles. The lowest BCUT2D eigenvalue weighted by Crippen LogP contribution is -2.44. The summed E-state index contributed by atoms with van der Waals surface area (Å²) in [6.45, 7) is -0.0909. The Balaban J connectivity index is 1.92. The molecule has 0 saturated carbocycles. The van der Waals surface area contributed by atoms with E-state index in [0.717, 1.165) is 16.7 Å². The number of hydrogen-bond acceptors (Lipinski definition) is 6. The molecule has 0 aliphatic rings. The molecule has 0 fully saturated rings. The van der Waals surface area contributed by atoms with E-state index in [1.807, 2.05) is 0 Å². The molecule has 0 unspecified atom stereocenters. The molecular formula is C32H30F5N3O6. The van der Waals surface area contributed by atoms with E-state index in [4.69, 9.17) is 14.7 Å². The van der Waals surface area contributed by atoms with Gasteiger partial charge in [0.15, 0.2) is 11.6 Å². The van der Waals surface area contributed by atoms with Gasteiger partial charge in [-0.05, 0) is 37.1 Å². The highest BCUT2D eigenvalue weighted by atomic mass is 19.4. The van der Waals surface area contributed by atoms with Gasteiger partial charge in [0.25, 0.3) is 5.56 Å². The van der Waals surface area contributed by atoms with Crippen molar-refractivity contribution in [2.45, 2.75) is 45.1 Å². The van der Waals surface area contributed by atoms with Crippen molar-refractivity contribution in [3.05, 3.63) is 122 Å². The summed E-state index contributed by atoms with van der Waals surface area (Å²) in [5, 5.41) is 8.90. The molecule has 4 rings (SSSR count). The van der Waals surface area contributed by atoms with Gasteiger partial charge in [0, 0.05) is 29.8 Å². The van der Waals surface area contributed by atoms with Crippen LogP contribution in [0.1, 0.15) is 41.3 Å². The molecule has 0 aliphatic heterocycles. The second kappa shape index (κ2) is 14.5. The number of aliphatic carboxylic acids is 1. The molecule has 1 aromatic heterocycles. The number of rotatable bonds is 13. The monoisotopic (exact) mass is 647 g/mol. The van der Waals surface area contributed by atoms with Gasteiger partial charge in [0.05, 0.1) is 31.3 Å². The summed E-state index contributed by atoms with van der Waals surface area (Å²) in [6, 6.07) is 14.6. The van der Waals surface area contributed by atoms with Crippen molar-refractivity contribution in [1.29, 1.82) is 0 Å². The highest BCUT2D eigenvalue weighted by molar-refractivity contribution is 5.67. The number of nitrogens with zero attached hydrogens (tertiary/aromatic N) is 2. The predicted molar refractivity (Wildman–Crippen MR) is 157 cm³/mol. The van der Waals surface area contributed by atoms with Gasteiger partial charge in [-0.2, -0.15) is 13.2 Å². The molecule has 4 aromatic rings. The topological polar surface area (TPSA) is 112 Å². The molecule has 1 atom stereocenters. The van der Waals surface area contributed by atoms with Crippen LogP contribution in [0.15, 0.2) is 76.3 Å². The van der Waals surface area contributed by atoms with Crippen LogP contribution >= 0.6 is 0 Å². The number of alkyl halides is 3. The van der Waals surface area contributed by atoms with Crippen LogP contribution in [-0.2, 0) is 28.9 Å². The third-order valence-electron chi connectivity index (χ3n) is 7.30. The zero-order chi connectivity index (χ0) is 33.6. The molecule has 244 valence electrons. The number of hydrogen-bond donors (Lipinski definition) is 2. The Morgan fingerprint density at radius 3 is 2.33 bits per heavy atom. The largest absolute Gasteiger partial charge is 0.494 e. The quantitative estimate of drug-likeness (QED) is 0.113. The van der Waals surface area contributed by atoms with E-state index in [1.165, 1.54) is 32.2 Å². The van der Waals surface area contributed by atoms with Crippen molar-refractivity contribution in [2.24, 2.45) is 0 Å². The van der Waals surface area contributed by atoms with Gasteiger partial charge in [-0.1, -0.05) is 48.5 Å². The fraction of sp³-hybridized carbons (Fsp3) is 0.281. The van der Waals surface area contributed by atoms with Crippen LogP contribution in [-0.4, -0.2) is 33.9 Å². The van der Waals surface area contributed by atoms with E-state index < -0.39 is 65.3 Å². The smallest absolute Gasteiger partial charge is 0.416 e. The normalized spacial score (nSPS) is 12.2. The first kappa shape index (κ1) is 34.1. The van der Waals surface area contributed by atoms with Gasteiger partial charge in [-0.15, -0.1) is 0 Å². The van der Waals surface area contributed by atoms with Crippen molar-refractivity contribution in [1.82, 2.24) is 14.6 Å². The highest BCUT2D eigenvalue weighted by Crippen LogP contribution is 2.34. The number of halogens is 5. The minimum atomic E-state index is -4.97. The SMILES string of the molecule is COc1cccc(-c2c(C)n(Cc3c(F)cccc3C(F)(F)F)c(=O)n(C[C@H](ONCCCC(=O)O)c3ccccc3)c2=O)c1F. The molecule has 1 heterocycles. The first-order valence-electron chi connectivity index (χ1n) is 14.0. The van der Waals surface area contributed by atoms with Crippen molar-refractivity contribution in [3.8, 4) is 16.9 Å². The highest BCUT2D eigenvalue weighted by Gasteiger charge is 2.35. The molecule has 0 bridgehead atoms. The molecule has 0 spiro atoms.